The second-order valence-electron chi connectivity index (χ2n) is 5.28. The van der Waals surface area contributed by atoms with Gasteiger partial charge in [0.15, 0.2) is 0 Å². The van der Waals surface area contributed by atoms with Crippen LogP contribution in [0.25, 0.3) is 0 Å². The van der Waals surface area contributed by atoms with Crippen LogP contribution in [0.3, 0.4) is 0 Å². The molecule has 2 rings (SSSR count). The molecular formula is C14H22N4O. The van der Waals surface area contributed by atoms with E-state index < -0.39 is 0 Å². The fourth-order valence-corrected chi connectivity index (χ4v) is 2.76. The van der Waals surface area contributed by atoms with Crippen molar-refractivity contribution in [2.45, 2.75) is 45.4 Å². The second-order valence-corrected chi connectivity index (χ2v) is 5.28. The normalized spacial score (nSPS) is 16.3. The minimum absolute atomic E-state index is 0.186. The Hall–Kier alpha value is -1.65. The van der Waals surface area contributed by atoms with E-state index in [4.69, 9.17) is 5.41 Å². The van der Waals surface area contributed by atoms with Gasteiger partial charge in [0, 0.05) is 12.8 Å². The molecule has 1 saturated carbocycles. The molecule has 1 aliphatic rings. The number of nitrogens with one attached hydrogen (secondary N) is 3. The summed E-state index contributed by atoms with van der Waals surface area (Å²) in [6.45, 7) is 2.50. The largest absolute Gasteiger partial charge is 0.379 e. The number of aromatic amines is 1. The highest BCUT2D eigenvalue weighted by atomic mass is 16.1. The summed E-state index contributed by atoms with van der Waals surface area (Å²) in [5.41, 5.74) is 0.663. The molecule has 0 bridgehead atoms. The van der Waals surface area contributed by atoms with Crippen LogP contribution in [0.1, 0.15) is 50.0 Å². The third kappa shape index (κ3) is 3.66. The van der Waals surface area contributed by atoms with Crippen molar-refractivity contribution in [1.82, 2.24) is 9.97 Å². The van der Waals surface area contributed by atoms with E-state index in [1.807, 2.05) is 0 Å². The highest BCUT2D eigenvalue weighted by molar-refractivity contribution is 5.82. The lowest BCUT2D eigenvalue weighted by Gasteiger charge is -2.21. The van der Waals surface area contributed by atoms with Gasteiger partial charge in [0.25, 0.3) is 5.56 Å². The molecule has 1 aromatic rings. The zero-order valence-corrected chi connectivity index (χ0v) is 11.5. The molecule has 5 nitrogen and oxygen atoms in total. The summed E-state index contributed by atoms with van der Waals surface area (Å²) in [5, 5.41) is 10.5. The fourth-order valence-electron chi connectivity index (χ4n) is 2.76. The van der Waals surface area contributed by atoms with Gasteiger partial charge >= 0.3 is 0 Å². The van der Waals surface area contributed by atoms with Gasteiger partial charge < -0.3 is 15.7 Å². The van der Waals surface area contributed by atoms with Crippen LogP contribution in [0.4, 0.5) is 5.69 Å². The summed E-state index contributed by atoms with van der Waals surface area (Å²) in [7, 11) is 0. The predicted molar refractivity (Wildman–Crippen MR) is 77.2 cm³/mol. The molecule has 104 valence electrons. The van der Waals surface area contributed by atoms with E-state index in [9.17, 15) is 4.79 Å². The maximum absolute atomic E-state index is 11.8. The molecule has 5 heteroatoms. The molecule has 0 saturated heterocycles. The number of aromatic nitrogens is 2. The molecule has 0 amide bonds. The highest BCUT2D eigenvalue weighted by Crippen LogP contribution is 2.26. The first-order chi connectivity index (χ1) is 9.20. The molecule has 0 aromatic carbocycles. The van der Waals surface area contributed by atoms with Crippen molar-refractivity contribution in [1.29, 1.82) is 5.41 Å². The fraction of sp³-hybridized carbons (Fsp3) is 0.643. The third-order valence-corrected chi connectivity index (χ3v) is 3.78. The summed E-state index contributed by atoms with van der Waals surface area (Å²) in [6, 6.07) is 0. The Balaban J connectivity index is 1.95. The summed E-state index contributed by atoms with van der Waals surface area (Å²) >= 11 is 0. The lowest BCUT2D eigenvalue weighted by atomic mass is 9.87. The van der Waals surface area contributed by atoms with E-state index in [0.29, 0.717) is 17.2 Å². The van der Waals surface area contributed by atoms with Crippen molar-refractivity contribution < 1.29 is 0 Å². The van der Waals surface area contributed by atoms with Gasteiger partial charge in [-0.25, -0.2) is 4.98 Å². The summed E-state index contributed by atoms with van der Waals surface area (Å²) < 4.78 is 0. The van der Waals surface area contributed by atoms with Crippen molar-refractivity contribution in [3.63, 3.8) is 0 Å². The Labute approximate surface area is 113 Å². The Morgan fingerprint density at radius 1 is 1.42 bits per heavy atom. The maximum atomic E-state index is 11.8. The van der Waals surface area contributed by atoms with Gasteiger partial charge in [-0.15, -0.1) is 0 Å². The Kier molecular flexibility index (Phi) is 4.71. The number of nitrogens with zero attached hydrogens (tertiary/aromatic N) is 1. The van der Waals surface area contributed by atoms with Crippen LogP contribution in [0.5, 0.6) is 0 Å². The van der Waals surface area contributed by atoms with Gasteiger partial charge in [0.1, 0.15) is 17.2 Å². The molecule has 0 atom stereocenters. The third-order valence-electron chi connectivity index (χ3n) is 3.78. The zero-order valence-electron chi connectivity index (χ0n) is 11.5. The average molecular weight is 262 g/mol. The second kappa shape index (κ2) is 6.50. The first kappa shape index (κ1) is 13.8. The smallest absolute Gasteiger partial charge is 0.274 e. The number of anilines is 1. The van der Waals surface area contributed by atoms with Gasteiger partial charge in [0.2, 0.25) is 0 Å². The summed E-state index contributed by atoms with van der Waals surface area (Å²) in [5.74, 6) is 1.32. The van der Waals surface area contributed by atoms with Crippen LogP contribution in [-0.4, -0.2) is 22.7 Å². The van der Waals surface area contributed by atoms with Gasteiger partial charge in [-0.2, -0.15) is 0 Å². The van der Waals surface area contributed by atoms with E-state index in [0.717, 1.165) is 25.1 Å². The molecule has 0 radical (unpaired) electrons. The van der Waals surface area contributed by atoms with Gasteiger partial charge in [-0.3, -0.25) is 4.79 Å². The SMILES string of the molecule is Cc1nc(C=N)c(NCCC2CCCCC2)c(=O)[nH]1. The molecular weight excluding hydrogens is 240 g/mol. The van der Waals surface area contributed by atoms with E-state index >= 15 is 0 Å². The summed E-state index contributed by atoms with van der Waals surface area (Å²) in [6.07, 6.45) is 8.87. The molecule has 0 unspecified atom stereocenters. The van der Waals surface area contributed by atoms with E-state index in [2.05, 4.69) is 15.3 Å². The van der Waals surface area contributed by atoms with Crippen molar-refractivity contribution in [3.8, 4) is 0 Å². The monoisotopic (exact) mass is 262 g/mol. The van der Waals surface area contributed by atoms with E-state index in [1.165, 1.54) is 32.1 Å². The predicted octanol–water partition coefficient (Wildman–Crippen LogP) is 2.46. The maximum Gasteiger partial charge on any atom is 0.274 e. The number of rotatable bonds is 5. The Morgan fingerprint density at radius 2 is 2.16 bits per heavy atom. The van der Waals surface area contributed by atoms with Crippen molar-refractivity contribution in [3.05, 3.63) is 21.9 Å². The lowest BCUT2D eigenvalue weighted by molar-refractivity contribution is 0.345. The molecule has 3 N–H and O–H groups in total. The first-order valence-electron chi connectivity index (χ1n) is 7.06. The molecule has 19 heavy (non-hydrogen) atoms. The van der Waals surface area contributed by atoms with Crippen molar-refractivity contribution in [2.24, 2.45) is 5.92 Å². The van der Waals surface area contributed by atoms with Crippen LogP contribution in [0, 0.1) is 18.3 Å². The highest BCUT2D eigenvalue weighted by Gasteiger charge is 2.14. The lowest BCUT2D eigenvalue weighted by Crippen LogP contribution is -2.21. The van der Waals surface area contributed by atoms with Gasteiger partial charge in [-0.05, 0) is 19.3 Å². The topological polar surface area (TPSA) is 81.6 Å². The van der Waals surface area contributed by atoms with Crippen LogP contribution >= 0.6 is 0 Å². The minimum Gasteiger partial charge on any atom is -0.379 e. The van der Waals surface area contributed by atoms with Gasteiger partial charge in [-0.1, -0.05) is 32.1 Å². The van der Waals surface area contributed by atoms with E-state index in [-0.39, 0.29) is 5.56 Å². The molecule has 0 aliphatic heterocycles. The van der Waals surface area contributed by atoms with Crippen LogP contribution in [-0.2, 0) is 0 Å². The average Bonchev–Trinajstić information content (AvgIpc) is 2.42. The quantitative estimate of drug-likeness (QED) is 0.713. The van der Waals surface area contributed by atoms with Gasteiger partial charge in [0.05, 0.1) is 0 Å². The Bertz CT molecular complexity index is 489. The first-order valence-corrected chi connectivity index (χ1v) is 7.06. The molecule has 0 spiro atoms. The number of hydrogen-bond donors (Lipinski definition) is 3. The van der Waals surface area contributed by atoms with Crippen LogP contribution in [0.15, 0.2) is 4.79 Å². The van der Waals surface area contributed by atoms with Crippen molar-refractivity contribution in [2.75, 3.05) is 11.9 Å². The molecule has 1 heterocycles. The van der Waals surface area contributed by atoms with Crippen LogP contribution in [0.2, 0.25) is 0 Å². The Morgan fingerprint density at radius 3 is 2.84 bits per heavy atom. The standard InChI is InChI=1S/C14H22N4O/c1-10-17-12(9-15)13(14(19)18-10)16-8-7-11-5-3-2-4-6-11/h9,11,15-16H,2-8H2,1H3,(H,17,18,19). The zero-order chi connectivity index (χ0) is 13.7. The molecule has 1 aliphatic carbocycles. The van der Waals surface area contributed by atoms with Crippen LogP contribution < -0.4 is 10.9 Å². The minimum atomic E-state index is -0.186. The number of H-pyrrole nitrogens is 1. The van der Waals surface area contributed by atoms with E-state index in [1.54, 1.807) is 6.92 Å². The summed E-state index contributed by atoms with van der Waals surface area (Å²) in [4.78, 5) is 18.7. The van der Waals surface area contributed by atoms with Crippen molar-refractivity contribution >= 4 is 11.9 Å². The number of hydrogen-bond acceptors (Lipinski definition) is 4. The number of aryl methyl sites for hydroxylation is 1. The molecule has 1 aromatic heterocycles. The molecule has 1 fully saturated rings.